The number of ether oxygens (including phenoxy) is 1. The number of aromatic hydroxyl groups is 2. The largest absolute Gasteiger partial charge is 0.508 e. The van der Waals surface area contributed by atoms with Crippen LogP contribution in [0.4, 0.5) is 0 Å². The maximum absolute atomic E-state index is 11.6. The van der Waals surface area contributed by atoms with Gasteiger partial charge in [0.2, 0.25) is 0 Å². The molecule has 2 aromatic rings. The first-order chi connectivity index (χ1) is 9.93. The van der Waals surface area contributed by atoms with Crippen LogP contribution >= 0.6 is 15.9 Å². The van der Waals surface area contributed by atoms with Crippen LogP contribution in [0.1, 0.15) is 34.3 Å². The van der Waals surface area contributed by atoms with E-state index in [1.165, 1.54) is 19.2 Å². The third kappa shape index (κ3) is 3.19. The van der Waals surface area contributed by atoms with Gasteiger partial charge in [-0.15, -0.1) is 0 Å². The molecule has 2 rings (SSSR count). The molecule has 0 heterocycles. The number of methoxy groups -OCH3 is 1. The highest BCUT2D eigenvalue weighted by Crippen LogP contribution is 2.36. The Morgan fingerprint density at radius 2 is 1.86 bits per heavy atom. The number of halogens is 1. The summed E-state index contributed by atoms with van der Waals surface area (Å²) < 4.78 is 5.55. The molecule has 0 bridgehead atoms. The first-order valence-corrected chi connectivity index (χ1v) is 7.13. The van der Waals surface area contributed by atoms with Crippen molar-refractivity contribution < 1.29 is 19.7 Å². The van der Waals surface area contributed by atoms with Gasteiger partial charge >= 0.3 is 5.97 Å². The minimum absolute atomic E-state index is 0.00540. The Bertz CT molecular complexity index is 682. The van der Waals surface area contributed by atoms with E-state index >= 15 is 0 Å². The molecule has 4 nitrogen and oxygen atoms in total. The minimum Gasteiger partial charge on any atom is -0.508 e. The summed E-state index contributed by atoms with van der Waals surface area (Å²) >= 11 is 3.46. The number of carbonyl (C=O) groups excluding carboxylic acids is 1. The van der Waals surface area contributed by atoms with Gasteiger partial charge in [0.15, 0.2) is 0 Å². The van der Waals surface area contributed by atoms with E-state index in [1.807, 2.05) is 6.92 Å². The average Bonchev–Trinajstić information content (AvgIpc) is 2.46. The Hall–Kier alpha value is -2.01. The maximum Gasteiger partial charge on any atom is 0.337 e. The molecule has 0 aliphatic heterocycles. The van der Waals surface area contributed by atoms with Gasteiger partial charge in [0.25, 0.3) is 0 Å². The first-order valence-electron chi connectivity index (χ1n) is 6.33. The molecule has 1 atom stereocenters. The summed E-state index contributed by atoms with van der Waals surface area (Å²) in [7, 11) is 1.33. The van der Waals surface area contributed by atoms with Gasteiger partial charge in [0, 0.05) is 22.0 Å². The van der Waals surface area contributed by atoms with E-state index in [4.69, 9.17) is 4.74 Å². The molecule has 0 saturated heterocycles. The van der Waals surface area contributed by atoms with E-state index in [1.54, 1.807) is 24.3 Å². The van der Waals surface area contributed by atoms with E-state index in [2.05, 4.69) is 15.9 Å². The van der Waals surface area contributed by atoms with Crippen molar-refractivity contribution in [3.05, 3.63) is 57.6 Å². The predicted octanol–water partition coefficient (Wildman–Crippen LogP) is 3.80. The summed E-state index contributed by atoms with van der Waals surface area (Å²) in [5, 5.41) is 19.3. The highest BCUT2D eigenvalue weighted by atomic mass is 79.9. The lowest BCUT2D eigenvalue weighted by Crippen LogP contribution is -2.04. The van der Waals surface area contributed by atoms with E-state index in [9.17, 15) is 15.0 Å². The van der Waals surface area contributed by atoms with E-state index in [0.717, 1.165) is 10.0 Å². The summed E-state index contributed by atoms with van der Waals surface area (Å²) in [6.45, 7) is 1.91. The van der Waals surface area contributed by atoms with Crippen molar-refractivity contribution in [3.63, 3.8) is 0 Å². The monoisotopic (exact) mass is 350 g/mol. The molecule has 110 valence electrons. The van der Waals surface area contributed by atoms with Gasteiger partial charge in [-0.1, -0.05) is 28.9 Å². The Morgan fingerprint density at radius 3 is 2.48 bits per heavy atom. The van der Waals surface area contributed by atoms with Crippen molar-refractivity contribution >= 4 is 21.9 Å². The molecule has 0 amide bonds. The molecule has 0 aliphatic carbocycles. The Kier molecular flexibility index (Phi) is 4.53. The topological polar surface area (TPSA) is 66.8 Å². The number of esters is 1. The molecule has 0 aliphatic rings. The lowest BCUT2D eigenvalue weighted by molar-refractivity contribution is 0.0600. The minimum atomic E-state index is -0.411. The number of phenolic OH excluding ortho intramolecular Hbond substituents is 2. The first kappa shape index (κ1) is 15.4. The van der Waals surface area contributed by atoms with Crippen LogP contribution in [0.15, 0.2) is 40.9 Å². The summed E-state index contributed by atoms with van der Waals surface area (Å²) in [6, 6.07) is 9.64. The van der Waals surface area contributed by atoms with Crippen LogP contribution in [0.2, 0.25) is 0 Å². The van der Waals surface area contributed by atoms with Gasteiger partial charge in [-0.25, -0.2) is 4.79 Å². The van der Waals surface area contributed by atoms with Crippen molar-refractivity contribution in [1.82, 2.24) is 0 Å². The van der Waals surface area contributed by atoms with Crippen LogP contribution in [-0.2, 0) is 4.74 Å². The molecule has 0 fully saturated rings. The van der Waals surface area contributed by atoms with Crippen molar-refractivity contribution in [2.24, 2.45) is 0 Å². The predicted molar refractivity (Wildman–Crippen MR) is 82.8 cm³/mol. The van der Waals surface area contributed by atoms with Crippen LogP contribution in [0.3, 0.4) is 0 Å². The number of hydrogen-bond donors (Lipinski definition) is 2. The summed E-state index contributed by atoms with van der Waals surface area (Å²) in [5.74, 6) is -0.556. The quantitative estimate of drug-likeness (QED) is 0.826. The summed E-state index contributed by atoms with van der Waals surface area (Å²) in [5.41, 5.74) is 1.95. The molecule has 2 N–H and O–H groups in total. The lowest BCUT2D eigenvalue weighted by Gasteiger charge is -2.17. The van der Waals surface area contributed by atoms with Crippen molar-refractivity contribution in [1.29, 1.82) is 0 Å². The van der Waals surface area contributed by atoms with Crippen LogP contribution in [-0.4, -0.2) is 23.3 Å². The SMILES string of the molecule is COC(=O)c1ccc(Br)c(C(C)c2ccc(O)cc2O)c1. The van der Waals surface area contributed by atoms with Crippen molar-refractivity contribution in [3.8, 4) is 11.5 Å². The molecule has 5 heteroatoms. The fourth-order valence-corrected chi connectivity index (χ4v) is 2.78. The number of rotatable bonds is 3. The molecular weight excluding hydrogens is 336 g/mol. The molecule has 0 radical (unpaired) electrons. The average molecular weight is 351 g/mol. The molecule has 0 aromatic heterocycles. The maximum atomic E-state index is 11.6. The van der Waals surface area contributed by atoms with E-state index < -0.39 is 5.97 Å². The fraction of sp³-hybridized carbons (Fsp3) is 0.188. The van der Waals surface area contributed by atoms with Crippen LogP contribution in [0.25, 0.3) is 0 Å². The van der Waals surface area contributed by atoms with Crippen LogP contribution in [0.5, 0.6) is 11.5 Å². The normalized spacial score (nSPS) is 12.0. The zero-order valence-corrected chi connectivity index (χ0v) is 13.2. The summed E-state index contributed by atoms with van der Waals surface area (Å²) in [4.78, 5) is 11.6. The zero-order valence-electron chi connectivity index (χ0n) is 11.6. The summed E-state index contributed by atoms with van der Waals surface area (Å²) in [6.07, 6.45) is 0. The van der Waals surface area contributed by atoms with E-state index in [0.29, 0.717) is 11.1 Å². The molecule has 1 unspecified atom stereocenters. The highest BCUT2D eigenvalue weighted by Gasteiger charge is 2.18. The lowest BCUT2D eigenvalue weighted by atomic mass is 9.91. The Balaban J connectivity index is 2.47. The highest BCUT2D eigenvalue weighted by molar-refractivity contribution is 9.10. The Labute approximate surface area is 131 Å². The van der Waals surface area contributed by atoms with Gasteiger partial charge in [0.05, 0.1) is 12.7 Å². The second-order valence-corrected chi connectivity index (χ2v) is 5.55. The third-order valence-electron chi connectivity index (χ3n) is 3.36. The van der Waals surface area contributed by atoms with Gasteiger partial charge in [0.1, 0.15) is 11.5 Å². The smallest absolute Gasteiger partial charge is 0.337 e. The van der Waals surface area contributed by atoms with E-state index in [-0.39, 0.29) is 17.4 Å². The Morgan fingerprint density at radius 1 is 1.14 bits per heavy atom. The zero-order chi connectivity index (χ0) is 15.6. The van der Waals surface area contributed by atoms with Gasteiger partial charge < -0.3 is 14.9 Å². The molecule has 21 heavy (non-hydrogen) atoms. The van der Waals surface area contributed by atoms with Crippen LogP contribution < -0.4 is 0 Å². The van der Waals surface area contributed by atoms with Gasteiger partial charge in [-0.2, -0.15) is 0 Å². The fourth-order valence-electron chi connectivity index (χ4n) is 2.19. The molecule has 2 aromatic carbocycles. The van der Waals surface area contributed by atoms with Crippen LogP contribution in [0, 0.1) is 0 Å². The van der Waals surface area contributed by atoms with Crippen molar-refractivity contribution in [2.45, 2.75) is 12.8 Å². The van der Waals surface area contributed by atoms with Gasteiger partial charge in [-0.3, -0.25) is 0 Å². The standard InChI is InChI=1S/C16H15BrO4/c1-9(12-5-4-11(18)8-15(12)19)13-7-10(16(20)21-2)3-6-14(13)17/h3-9,18-19H,1-2H3. The van der Waals surface area contributed by atoms with Gasteiger partial charge in [-0.05, 0) is 29.8 Å². The molecule has 0 spiro atoms. The number of carbonyl (C=O) groups is 1. The third-order valence-corrected chi connectivity index (χ3v) is 4.09. The second-order valence-electron chi connectivity index (χ2n) is 4.69. The number of hydrogen-bond acceptors (Lipinski definition) is 4. The molecular formula is C16H15BrO4. The molecule has 0 saturated carbocycles. The number of benzene rings is 2. The number of phenols is 2. The second kappa shape index (κ2) is 6.18. The van der Waals surface area contributed by atoms with Crippen molar-refractivity contribution in [2.75, 3.05) is 7.11 Å².